The standard InChI is InChI=1S/C23H38N4O2/c1-23(2,27-13-11-19-8-4-5-9-20(19)16-27)18-26-22(24-3)25-12-7-14-28-17-21-10-6-15-29-21/h4-5,8-9,21H,6-7,10-18H2,1-3H3,(H2,24,25,26). The molecule has 1 aromatic carbocycles. The van der Waals surface area contributed by atoms with Crippen LogP contribution in [0.1, 0.15) is 44.2 Å². The first-order chi connectivity index (χ1) is 14.1. The predicted octanol–water partition coefficient (Wildman–Crippen LogP) is 2.57. The molecule has 2 N–H and O–H groups in total. The zero-order valence-electron chi connectivity index (χ0n) is 18.4. The monoisotopic (exact) mass is 402 g/mol. The van der Waals surface area contributed by atoms with Crippen LogP contribution in [-0.2, 0) is 22.4 Å². The van der Waals surface area contributed by atoms with Crippen molar-refractivity contribution in [3.8, 4) is 0 Å². The summed E-state index contributed by atoms with van der Waals surface area (Å²) >= 11 is 0. The number of nitrogens with one attached hydrogen (secondary N) is 2. The van der Waals surface area contributed by atoms with E-state index in [1.54, 1.807) is 0 Å². The third-order valence-corrected chi connectivity index (χ3v) is 5.98. The number of benzene rings is 1. The number of guanidine groups is 1. The second kappa shape index (κ2) is 11.0. The number of fused-ring (bicyclic) bond motifs is 1. The molecule has 2 heterocycles. The molecule has 29 heavy (non-hydrogen) atoms. The van der Waals surface area contributed by atoms with E-state index >= 15 is 0 Å². The van der Waals surface area contributed by atoms with E-state index in [1.807, 2.05) is 7.05 Å². The molecule has 162 valence electrons. The van der Waals surface area contributed by atoms with Crippen LogP contribution in [-0.4, -0.2) is 69.0 Å². The molecule has 6 heteroatoms. The van der Waals surface area contributed by atoms with Gasteiger partial charge in [-0.15, -0.1) is 0 Å². The van der Waals surface area contributed by atoms with E-state index < -0.39 is 0 Å². The average molecular weight is 403 g/mol. The molecule has 1 fully saturated rings. The van der Waals surface area contributed by atoms with Gasteiger partial charge < -0.3 is 20.1 Å². The van der Waals surface area contributed by atoms with Gasteiger partial charge in [0.05, 0.1) is 12.7 Å². The smallest absolute Gasteiger partial charge is 0.191 e. The molecular weight excluding hydrogens is 364 g/mol. The highest BCUT2D eigenvalue weighted by Crippen LogP contribution is 2.24. The predicted molar refractivity (Wildman–Crippen MR) is 118 cm³/mol. The second-order valence-electron chi connectivity index (χ2n) is 8.67. The molecular formula is C23H38N4O2. The molecule has 6 nitrogen and oxygen atoms in total. The fraction of sp³-hybridized carbons (Fsp3) is 0.696. The van der Waals surface area contributed by atoms with E-state index in [1.165, 1.54) is 11.1 Å². The van der Waals surface area contributed by atoms with Gasteiger partial charge in [-0.05, 0) is 50.7 Å². The zero-order valence-corrected chi connectivity index (χ0v) is 18.4. The van der Waals surface area contributed by atoms with E-state index in [4.69, 9.17) is 9.47 Å². The zero-order chi connectivity index (χ0) is 20.5. The van der Waals surface area contributed by atoms with Gasteiger partial charge in [-0.3, -0.25) is 9.89 Å². The Morgan fingerprint density at radius 1 is 1.28 bits per heavy atom. The van der Waals surface area contributed by atoms with Crippen molar-refractivity contribution in [3.05, 3.63) is 35.4 Å². The number of hydrogen-bond acceptors (Lipinski definition) is 4. The second-order valence-corrected chi connectivity index (χ2v) is 8.67. The lowest BCUT2D eigenvalue weighted by Crippen LogP contribution is -2.54. The van der Waals surface area contributed by atoms with E-state index in [2.05, 4.69) is 58.6 Å². The van der Waals surface area contributed by atoms with Crippen molar-refractivity contribution in [2.24, 2.45) is 4.99 Å². The molecule has 1 atom stereocenters. The average Bonchev–Trinajstić information content (AvgIpc) is 3.26. The molecule has 0 spiro atoms. The topological polar surface area (TPSA) is 58.1 Å². The first-order valence-corrected chi connectivity index (χ1v) is 11.0. The Morgan fingerprint density at radius 2 is 2.10 bits per heavy atom. The Hall–Kier alpha value is -1.63. The molecule has 2 aliphatic heterocycles. The first-order valence-electron chi connectivity index (χ1n) is 11.0. The number of ether oxygens (including phenoxy) is 2. The fourth-order valence-electron chi connectivity index (χ4n) is 4.02. The summed E-state index contributed by atoms with van der Waals surface area (Å²) in [5.74, 6) is 0.856. The van der Waals surface area contributed by atoms with Gasteiger partial charge in [0.25, 0.3) is 0 Å². The van der Waals surface area contributed by atoms with Crippen LogP contribution >= 0.6 is 0 Å². The van der Waals surface area contributed by atoms with E-state index in [0.29, 0.717) is 6.10 Å². The Kier molecular flexibility index (Phi) is 8.33. The third kappa shape index (κ3) is 6.69. The highest BCUT2D eigenvalue weighted by molar-refractivity contribution is 5.79. The minimum absolute atomic E-state index is 0.0511. The van der Waals surface area contributed by atoms with Crippen LogP contribution in [0, 0.1) is 0 Å². The molecule has 0 amide bonds. The normalized spacial score (nSPS) is 20.5. The number of rotatable bonds is 9. The van der Waals surface area contributed by atoms with Crippen LogP contribution in [0.2, 0.25) is 0 Å². The highest BCUT2D eigenvalue weighted by atomic mass is 16.5. The molecule has 1 unspecified atom stereocenters. The molecule has 0 saturated carbocycles. The molecule has 1 saturated heterocycles. The lowest BCUT2D eigenvalue weighted by atomic mass is 9.94. The molecule has 1 aromatic rings. The quantitative estimate of drug-likeness (QED) is 0.378. The number of nitrogens with zero attached hydrogens (tertiary/aromatic N) is 2. The van der Waals surface area contributed by atoms with Crippen molar-refractivity contribution in [1.82, 2.24) is 15.5 Å². The van der Waals surface area contributed by atoms with E-state index in [-0.39, 0.29) is 5.54 Å². The van der Waals surface area contributed by atoms with Crippen molar-refractivity contribution in [1.29, 1.82) is 0 Å². The lowest BCUT2D eigenvalue weighted by molar-refractivity contribution is 0.0168. The summed E-state index contributed by atoms with van der Waals surface area (Å²) in [6.45, 7) is 10.8. The largest absolute Gasteiger partial charge is 0.379 e. The van der Waals surface area contributed by atoms with Gasteiger partial charge >= 0.3 is 0 Å². The van der Waals surface area contributed by atoms with Gasteiger partial charge in [0.15, 0.2) is 5.96 Å². The van der Waals surface area contributed by atoms with Gasteiger partial charge in [-0.2, -0.15) is 0 Å². The summed E-state index contributed by atoms with van der Waals surface area (Å²) in [7, 11) is 1.83. The highest BCUT2D eigenvalue weighted by Gasteiger charge is 2.29. The van der Waals surface area contributed by atoms with Gasteiger partial charge in [0, 0.05) is 52.0 Å². The van der Waals surface area contributed by atoms with E-state index in [9.17, 15) is 0 Å². The maximum Gasteiger partial charge on any atom is 0.191 e. The summed E-state index contributed by atoms with van der Waals surface area (Å²) < 4.78 is 11.3. The van der Waals surface area contributed by atoms with Crippen molar-refractivity contribution >= 4 is 5.96 Å². The molecule has 3 rings (SSSR count). The van der Waals surface area contributed by atoms with Crippen molar-refractivity contribution in [3.63, 3.8) is 0 Å². The van der Waals surface area contributed by atoms with Crippen LogP contribution in [0.15, 0.2) is 29.3 Å². The fourth-order valence-corrected chi connectivity index (χ4v) is 4.02. The maximum atomic E-state index is 5.72. The maximum absolute atomic E-state index is 5.72. The Balaban J connectivity index is 1.34. The summed E-state index contributed by atoms with van der Waals surface area (Å²) in [4.78, 5) is 6.93. The van der Waals surface area contributed by atoms with Crippen molar-refractivity contribution in [2.75, 3.05) is 46.5 Å². The molecule has 0 aromatic heterocycles. The van der Waals surface area contributed by atoms with Crippen LogP contribution in [0.3, 0.4) is 0 Å². The van der Waals surface area contributed by atoms with Gasteiger partial charge in [-0.1, -0.05) is 24.3 Å². The van der Waals surface area contributed by atoms with Crippen molar-refractivity contribution < 1.29 is 9.47 Å². The lowest BCUT2D eigenvalue weighted by Gasteiger charge is -2.42. The summed E-state index contributed by atoms with van der Waals surface area (Å²) in [5.41, 5.74) is 3.00. The summed E-state index contributed by atoms with van der Waals surface area (Å²) in [5, 5.41) is 6.90. The SMILES string of the molecule is CN=C(NCCCOCC1CCCO1)NCC(C)(C)N1CCc2ccccc2C1. The summed E-state index contributed by atoms with van der Waals surface area (Å²) in [6.07, 6.45) is 4.69. The third-order valence-electron chi connectivity index (χ3n) is 5.98. The van der Waals surface area contributed by atoms with Gasteiger partial charge in [0.2, 0.25) is 0 Å². The van der Waals surface area contributed by atoms with Crippen LogP contribution in [0.4, 0.5) is 0 Å². The number of aliphatic imine (C=N–C) groups is 1. The molecule has 0 radical (unpaired) electrons. The first kappa shape index (κ1) is 22.1. The van der Waals surface area contributed by atoms with E-state index in [0.717, 1.165) is 77.6 Å². The Bertz CT molecular complexity index is 656. The molecule has 0 aliphatic carbocycles. The van der Waals surface area contributed by atoms with Crippen LogP contribution in [0.5, 0.6) is 0 Å². The number of hydrogen-bond donors (Lipinski definition) is 2. The van der Waals surface area contributed by atoms with Crippen LogP contribution in [0.25, 0.3) is 0 Å². The molecule has 0 bridgehead atoms. The van der Waals surface area contributed by atoms with Gasteiger partial charge in [-0.25, -0.2) is 0 Å². The Labute approximate surface area is 176 Å². The minimum atomic E-state index is 0.0511. The van der Waals surface area contributed by atoms with Crippen molar-refractivity contribution in [2.45, 2.75) is 57.7 Å². The molecule has 2 aliphatic rings. The minimum Gasteiger partial charge on any atom is -0.379 e. The van der Waals surface area contributed by atoms with Gasteiger partial charge in [0.1, 0.15) is 0 Å². The van der Waals surface area contributed by atoms with Crippen LogP contribution < -0.4 is 10.6 Å². The Morgan fingerprint density at radius 3 is 2.86 bits per heavy atom. The summed E-state index contributed by atoms with van der Waals surface area (Å²) in [6, 6.07) is 8.80.